The van der Waals surface area contributed by atoms with Crippen molar-refractivity contribution in [1.82, 2.24) is 8.96 Å². The van der Waals surface area contributed by atoms with Gasteiger partial charge in [-0.1, -0.05) is 18.5 Å². The van der Waals surface area contributed by atoms with E-state index in [2.05, 4.69) is 4.98 Å². The van der Waals surface area contributed by atoms with Crippen LogP contribution in [-0.2, 0) is 16.4 Å². The molecule has 0 aliphatic heterocycles. The molecule has 0 bridgehead atoms. The van der Waals surface area contributed by atoms with E-state index in [-0.39, 0.29) is 10.6 Å². The molecule has 1 heterocycles. The summed E-state index contributed by atoms with van der Waals surface area (Å²) in [5, 5.41) is 0.381. The van der Waals surface area contributed by atoms with Crippen molar-refractivity contribution in [2.24, 2.45) is 0 Å². The van der Waals surface area contributed by atoms with Gasteiger partial charge in [0.25, 0.3) is 10.0 Å². The van der Waals surface area contributed by atoms with E-state index in [0.29, 0.717) is 17.3 Å². The average Bonchev–Trinajstić information content (AvgIpc) is 2.90. The lowest BCUT2D eigenvalue weighted by Crippen LogP contribution is -2.16. The molecular formula is C14H17ClN2O3S. The van der Waals surface area contributed by atoms with Gasteiger partial charge in [0.05, 0.1) is 7.11 Å². The fourth-order valence-corrected chi connectivity index (χ4v) is 3.78. The van der Waals surface area contributed by atoms with Crippen LogP contribution < -0.4 is 4.74 Å². The molecule has 114 valence electrons. The third-order valence-electron chi connectivity index (χ3n) is 3.14. The van der Waals surface area contributed by atoms with Gasteiger partial charge in [0.15, 0.2) is 0 Å². The fraction of sp³-hybridized carbons (Fsp3) is 0.357. The molecule has 0 fully saturated rings. The highest BCUT2D eigenvalue weighted by molar-refractivity contribution is 7.90. The summed E-state index contributed by atoms with van der Waals surface area (Å²) in [6, 6.07) is 3.03. The third-order valence-corrected chi connectivity index (χ3v) is 5.27. The first-order valence-corrected chi connectivity index (χ1v) is 8.35. The van der Waals surface area contributed by atoms with E-state index in [1.54, 1.807) is 13.0 Å². The number of benzene rings is 1. The highest BCUT2D eigenvalue weighted by atomic mass is 35.5. The second-order valence-electron chi connectivity index (χ2n) is 4.65. The van der Waals surface area contributed by atoms with Crippen molar-refractivity contribution in [3.63, 3.8) is 0 Å². The molecule has 0 N–H and O–H groups in total. The molecule has 0 atom stereocenters. The van der Waals surface area contributed by atoms with Gasteiger partial charge in [-0.25, -0.2) is 17.4 Å². The summed E-state index contributed by atoms with van der Waals surface area (Å²) in [6.07, 6.45) is 4.30. The third kappa shape index (κ3) is 2.91. The van der Waals surface area contributed by atoms with Gasteiger partial charge in [0, 0.05) is 23.8 Å². The first kappa shape index (κ1) is 15.9. The molecule has 0 saturated carbocycles. The number of halogens is 1. The maximum atomic E-state index is 12.8. The summed E-state index contributed by atoms with van der Waals surface area (Å²) in [6.45, 7) is 3.76. The minimum atomic E-state index is -3.79. The lowest BCUT2D eigenvalue weighted by atomic mass is 10.2. The van der Waals surface area contributed by atoms with E-state index in [1.165, 1.54) is 29.5 Å². The number of ether oxygens (including phenoxy) is 1. The molecule has 0 aliphatic carbocycles. The summed E-state index contributed by atoms with van der Waals surface area (Å²) in [7, 11) is -2.35. The Morgan fingerprint density at radius 3 is 2.71 bits per heavy atom. The molecule has 0 amide bonds. The Morgan fingerprint density at radius 2 is 2.10 bits per heavy atom. The Morgan fingerprint density at radius 1 is 1.38 bits per heavy atom. The first-order chi connectivity index (χ1) is 9.91. The molecule has 2 rings (SSSR count). The lowest BCUT2D eigenvalue weighted by Gasteiger charge is -2.13. The summed E-state index contributed by atoms with van der Waals surface area (Å²) in [4.78, 5) is 4.14. The van der Waals surface area contributed by atoms with Crippen molar-refractivity contribution in [3.8, 4) is 5.75 Å². The zero-order valence-corrected chi connectivity index (χ0v) is 13.7. The van der Waals surface area contributed by atoms with Crippen molar-refractivity contribution in [3.05, 3.63) is 40.9 Å². The number of nitrogens with zero attached hydrogens (tertiary/aromatic N) is 2. The van der Waals surface area contributed by atoms with Crippen LogP contribution in [0.5, 0.6) is 5.75 Å². The molecule has 7 heteroatoms. The average molecular weight is 329 g/mol. The number of methoxy groups -OCH3 is 1. The highest BCUT2D eigenvalue weighted by Crippen LogP contribution is 2.31. The predicted octanol–water partition coefficient (Wildman–Crippen LogP) is 3.04. The van der Waals surface area contributed by atoms with Gasteiger partial charge in [-0.15, -0.1) is 0 Å². The summed E-state index contributed by atoms with van der Waals surface area (Å²) in [5.41, 5.74) is 0.756. The molecule has 0 radical (unpaired) electrons. The Hall–Kier alpha value is -1.53. The van der Waals surface area contributed by atoms with E-state index in [4.69, 9.17) is 16.3 Å². The Balaban J connectivity index is 2.64. The number of hydrogen-bond donors (Lipinski definition) is 0. The van der Waals surface area contributed by atoms with Gasteiger partial charge in [-0.2, -0.15) is 0 Å². The van der Waals surface area contributed by atoms with Crippen molar-refractivity contribution in [1.29, 1.82) is 0 Å². The minimum absolute atomic E-state index is 0.0379. The molecule has 1 aromatic heterocycles. The zero-order chi connectivity index (χ0) is 15.6. The van der Waals surface area contributed by atoms with E-state index >= 15 is 0 Å². The normalized spacial score (nSPS) is 11.6. The zero-order valence-electron chi connectivity index (χ0n) is 12.1. The summed E-state index contributed by atoms with van der Waals surface area (Å²) >= 11 is 6.07. The molecule has 1 aromatic carbocycles. The smallest absolute Gasteiger partial charge is 0.272 e. The van der Waals surface area contributed by atoms with Crippen LogP contribution in [0.4, 0.5) is 0 Å². The molecule has 0 unspecified atom stereocenters. The van der Waals surface area contributed by atoms with Crippen molar-refractivity contribution in [2.45, 2.75) is 31.6 Å². The van der Waals surface area contributed by atoms with E-state index in [1.807, 2.05) is 6.92 Å². The number of imidazole rings is 1. The Kier molecular flexibility index (Phi) is 4.58. The molecule has 2 aromatic rings. The molecular weight excluding hydrogens is 312 g/mol. The summed E-state index contributed by atoms with van der Waals surface area (Å²) < 4.78 is 32.0. The topological polar surface area (TPSA) is 61.2 Å². The molecule has 0 spiro atoms. The second-order valence-corrected chi connectivity index (χ2v) is 6.84. The van der Waals surface area contributed by atoms with Crippen molar-refractivity contribution in [2.75, 3.05) is 7.11 Å². The van der Waals surface area contributed by atoms with E-state index in [0.717, 1.165) is 12.0 Å². The first-order valence-electron chi connectivity index (χ1n) is 6.53. The minimum Gasteiger partial charge on any atom is -0.495 e. The van der Waals surface area contributed by atoms with E-state index < -0.39 is 10.0 Å². The number of aryl methyl sites for hydroxylation is 2. The van der Waals surface area contributed by atoms with Crippen LogP contribution in [0.1, 0.15) is 24.7 Å². The van der Waals surface area contributed by atoms with Crippen LogP contribution in [0.2, 0.25) is 5.02 Å². The van der Waals surface area contributed by atoms with Gasteiger partial charge in [0.2, 0.25) is 0 Å². The molecule has 0 aliphatic rings. The van der Waals surface area contributed by atoms with Crippen LogP contribution in [0.25, 0.3) is 0 Å². The van der Waals surface area contributed by atoms with Crippen LogP contribution in [-0.4, -0.2) is 24.5 Å². The van der Waals surface area contributed by atoms with Gasteiger partial charge in [-0.05, 0) is 31.0 Å². The van der Waals surface area contributed by atoms with E-state index in [9.17, 15) is 8.42 Å². The molecule has 21 heavy (non-hydrogen) atoms. The standard InChI is InChI=1S/C14H17ClN2O3S/c1-4-5-14-16-6-7-17(14)21(18,19)13-9-11(15)10(2)8-12(13)20-3/h6-9H,4-5H2,1-3H3. The maximum absolute atomic E-state index is 12.8. The number of aromatic nitrogens is 2. The summed E-state index contributed by atoms with van der Waals surface area (Å²) in [5.74, 6) is 0.768. The SMILES string of the molecule is CCCc1nccn1S(=O)(=O)c1cc(Cl)c(C)cc1OC. The van der Waals surface area contributed by atoms with Gasteiger partial charge in [-0.3, -0.25) is 0 Å². The van der Waals surface area contributed by atoms with Gasteiger partial charge < -0.3 is 4.74 Å². The fourth-order valence-electron chi connectivity index (χ4n) is 2.04. The van der Waals surface area contributed by atoms with Crippen molar-refractivity contribution < 1.29 is 13.2 Å². The van der Waals surface area contributed by atoms with Crippen LogP contribution in [0.15, 0.2) is 29.4 Å². The quantitative estimate of drug-likeness (QED) is 0.846. The predicted molar refractivity (Wildman–Crippen MR) is 81.5 cm³/mol. The maximum Gasteiger partial charge on any atom is 0.272 e. The molecule has 5 nitrogen and oxygen atoms in total. The Labute approximate surface area is 129 Å². The number of hydrogen-bond acceptors (Lipinski definition) is 4. The van der Waals surface area contributed by atoms with Crippen LogP contribution in [0.3, 0.4) is 0 Å². The highest BCUT2D eigenvalue weighted by Gasteiger charge is 2.25. The van der Waals surface area contributed by atoms with Crippen LogP contribution in [0, 0.1) is 6.92 Å². The van der Waals surface area contributed by atoms with Gasteiger partial charge >= 0.3 is 0 Å². The second kappa shape index (κ2) is 6.07. The van der Waals surface area contributed by atoms with Crippen LogP contribution >= 0.6 is 11.6 Å². The largest absolute Gasteiger partial charge is 0.495 e. The van der Waals surface area contributed by atoms with Gasteiger partial charge in [0.1, 0.15) is 16.5 Å². The van der Waals surface area contributed by atoms with Crippen molar-refractivity contribution >= 4 is 21.6 Å². The molecule has 0 saturated heterocycles. The number of rotatable bonds is 5. The Bertz CT molecular complexity index is 754. The monoisotopic (exact) mass is 328 g/mol. The lowest BCUT2D eigenvalue weighted by molar-refractivity contribution is 0.402.